The Labute approximate surface area is 169 Å². The van der Waals surface area contributed by atoms with Crippen LogP contribution in [0, 0.1) is 6.92 Å². The minimum absolute atomic E-state index is 0.0116. The van der Waals surface area contributed by atoms with Gasteiger partial charge in [0.05, 0.1) is 23.2 Å². The molecule has 28 heavy (non-hydrogen) atoms. The lowest BCUT2D eigenvalue weighted by Crippen LogP contribution is -2.41. The first-order valence-corrected chi connectivity index (χ1v) is 10.1. The summed E-state index contributed by atoms with van der Waals surface area (Å²) in [5, 5.41) is 8.19. The summed E-state index contributed by atoms with van der Waals surface area (Å²) < 4.78 is 5.05. The molecule has 0 aliphatic carbocycles. The highest BCUT2D eigenvalue weighted by atomic mass is 32.1. The van der Waals surface area contributed by atoms with E-state index in [1.165, 1.54) is 17.4 Å². The van der Waals surface area contributed by atoms with E-state index in [0.717, 1.165) is 16.2 Å². The van der Waals surface area contributed by atoms with Crippen LogP contribution in [-0.2, 0) is 14.3 Å². The fourth-order valence-electron chi connectivity index (χ4n) is 3.17. The maximum absolute atomic E-state index is 13.1. The third-order valence-corrected chi connectivity index (χ3v) is 5.69. The quantitative estimate of drug-likeness (QED) is 0.718. The number of aryl methyl sites for hydroxylation is 1. The van der Waals surface area contributed by atoms with Gasteiger partial charge in [-0.25, -0.2) is 5.01 Å². The molecule has 0 N–H and O–H groups in total. The Morgan fingerprint density at radius 2 is 2.04 bits per heavy atom. The summed E-state index contributed by atoms with van der Waals surface area (Å²) in [6.45, 7) is 4.25. The number of carbonyl (C=O) groups is 2. The van der Waals surface area contributed by atoms with Crippen molar-refractivity contribution in [2.75, 3.05) is 26.8 Å². The van der Waals surface area contributed by atoms with Gasteiger partial charge >= 0.3 is 0 Å². The van der Waals surface area contributed by atoms with Gasteiger partial charge in [-0.15, -0.1) is 11.3 Å². The number of benzene rings is 1. The number of hydrogen-bond acceptors (Lipinski definition) is 5. The van der Waals surface area contributed by atoms with Crippen LogP contribution in [0.25, 0.3) is 0 Å². The molecule has 0 saturated heterocycles. The van der Waals surface area contributed by atoms with E-state index in [-0.39, 0.29) is 24.4 Å². The molecule has 148 valence electrons. The molecule has 0 fully saturated rings. The Bertz CT molecular complexity index is 846. The van der Waals surface area contributed by atoms with Crippen molar-refractivity contribution >= 4 is 28.9 Å². The third kappa shape index (κ3) is 4.66. The van der Waals surface area contributed by atoms with E-state index in [1.807, 2.05) is 48.7 Å². The van der Waals surface area contributed by atoms with Gasteiger partial charge in [0.2, 0.25) is 5.91 Å². The van der Waals surface area contributed by atoms with Gasteiger partial charge in [0.15, 0.2) is 0 Å². The standard InChI is InChI=1S/C21H25N3O3S/c1-15-6-8-17(9-7-15)19-13-18(20-5-4-12-28-20)22-24(19)21(26)14-23(16(2)25)10-11-27-3/h4-9,12,19H,10-11,13-14H2,1-3H3/t19-/m1/s1. The summed E-state index contributed by atoms with van der Waals surface area (Å²) in [7, 11) is 1.58. The summed E-state index contributed by atoms with van der Waals surface area (Å²) in [4.78, 5) is 27.5. The Morgan fingerprint density at radius 3 is 2.64 bits per heavy atom. The number of rotatable bonds is 7. The highest BCUT2D eigenvalue weighted by Crippen LogP contribution is 2.34. The van der Waals surface area contributed by atoms with Crippen molar-refractivity contribution in [2.24, 2.45) is 5.10 Å². The van der Waals surface area contributed by atoms with E-state index in [2.05, 4.69) is 5.10 Å². The van der Waals surface area contributed by atoms with Gasteiger partial charge in [-0.05, 0) is 23.9 Å². The molecule has 1 aliphatic heterocycles. The highest BCUT2D eigenvalue weighted by Gasteiger charge is 2.34. The molecule has 0 unspecified atom stereocenters. The zero-order chi connectivity index (χ0) is 20.1. The van der Waals surface area contributed by atoms with Crippen molar-refractivity contribution < 1.29 is 14.3 Å². The van der Waals surface area contributed by atoms with Crippen molar-refractivity contribution in [1.82, 2.24) is 9.91 Å². The zero-order valence-corrected chi connectivity index (χ0v) is 17.2. The van der Waals surface area contributed by atoms with Crippen LogP contribution in [0.4, 0.5) is 0 Å². The highest BCUT2D eigenvalue weighted by molar-refractivity contribution is 7.12. The Kier molecular flexibility index (Phi) is 6.59. The predicted molar refractivity (Wildman–Crippen MR) is 110 cm³/mol. The molecule has 1 atom stereocenters. The van der Waals surface area contributed by atoms with Crippen LogP contribution in [-0.4, -0.2) is 54.2 Å². The molecule has 2 amide bonds. The van der Waals surface area contributed by atoms with Crippen molar-refractivity contribution in [3.05, 3.63) is 57.8 Å². The van der Waals surface area contributed by atoms with Crippen LogP contribution in [0.15, 0.2) is 46.9 Å². The fourth-order valence-corrected chi connectivity index (χ4v) is 3.89. The molecule has 0 saturated carbocycles. The lowest BCUT2D eigenvalue weighted by molar-refractivity contribution is -0.141. The number of amides is 2. The van der Waals surface area contributed by atoms with Crippen LogP contribution < -0.4 is 0 Å². The number of carbonyl (C=O) groups excluding carboxylic acids is 2. The van der Waals surface area contributed by atoms with Crippen molar-refractivity contribution in [3.63, 3.8) is 0 Å². The maximum atomic E-state index is 13.1. The van der Waals surface area contributed by atoms with Gasteiger partial charge in [-0.3, -0.25) is 9.59 Å². The normalized spacial score (nSPS) is 16.2. The van der Waals surface area contributed by atoms with Crippen molar-refractivity contribution in [2.45, 2.75) is 26.3 Å². The van der Waals surface area contributed by atoms with Crippen molar-refractivity contribution in [3.8, 4) is 0 Å². The second kappa shape index (κ2) is 9.12. The predicted octanol–water partition coefficient (Wildman–Crippen LogP) is 3.23. The molecular weight excluding hydrogens is 374 g/mol. The average molecular weight is 400 g/mol. The smallest absolute Gasteiger partial charge is 0.262 e. The van der Waals surface area contributed by atoms with Gasteiger partial charge in [-0.1, -0.05) is 35.9 Å². The number of nitrogens with zero attached hydrogens (tertiary/aromatic N) is 3. The first-order chi connectivity index (χ1) is 13.5. The molecule has 2 aromatic rings. The topological polar surface area (TPSA) is 62.2 Å². The molecule has 6 nitrogen and oxygen atoms in total. The summed E-state index contributed by atoms with van der Waals surface area (Å²) in [5.41, 5.74) is 3.11. The summed E-state index contributed by atoms with van der Waals surface area (Å²) in [6.07, 6.45) is 0.660. The first kappa shape index (κ1) is 20.2. The Morgan fingerprint density at radius 1 is 1.29 bits per heavy atom. The van der Waals surface area contributed by atoms with Gasteiger partial charge in [0, 0.05) is 27.0 Å². The van der Waals surface area contributed by atoms with E-state index in [4.69, 9.17) is 4.74 Å². The summed E-state index contributed by atoms with van der Waals surface area (Å²) >= 11 is 1.61. The zero-order valence-electron chi connectivity index (χ0n) is 16.4. The van der Waals surface area contributed by atoms with Crippen molar-refractivity contribution in [1.29, 1.82) is 0 Å². The molecular formula is C21H25N3O3S. The minimum Gasteiger partial charge on any atom is -0.383 e. The molecule has 0 spiro atoms. The molecule has 7 heteroatoms. The second-order valence-electron chi connectivity index (χ2n) is 6.83. The molecule has 0 radical (unpaired) electrons. The maximum Gasteiger partial charge on any atom is 0.262 e. The monoisotopic (exact) mass is 399 g/mol. The molecule has 1 aliphatic rings. The summed E-state index contributed by atoms with van der Waals surface area (Å²) in [6, 6.07) is 12.0. The average Bonchev–Trinajstić information content (AvgIpc) is 3.35. The van der Waals surface area contributed by atoms with E-state index in [0.29, 0.717) is 19.6 Å². The first-order valence-electron chi connectivity index (χ1n) is 9.24. The van der Waals surface area contributed by atoms with Gasteiger partial charge < -0.3 is 9.64 Å². The molecule has 0 bridgehead atoms. The molecule has 1 aromatic carbocycles. The van der Waals surface area contributed by atoms with Gasteiger partial charge in [0.25, 0.3) is 5.91 Å². The minimum atomic E-state index is -0.191. The second-order valence-corrected chi connectivity index (χ2v) is 7.77. The number of methoxy groups -OCH3 is 1. The number of hydrogen-bond donors (Lipinski definition) is 0. The number of thiophene rings is 1. The Hall–Kier alpha value is -2.51. The van der Waals surface area contributed by atoms with Crippen LogP contribution in [0.5, 0.6) is 0 Å². The lowest BCUT2D eigenvalue weighted by Gasteiger charge is -2.26. The lowest BCUT2D eigenvalue weighted by atomic mass is 10.00. The van der Waals surface area contributed by atoms with E-state index >= 15 is 0 Å². The van der Waals surface area contributed by atoms with Crippen LogP contribution >= 0.6 is 11.3 Å². The van der Waals surface area contributed by atoms with E-state index < -0.39 is 0 Å². The number of hydrazone groups is 1. The van der Waals surface area contributed by atoms with E-state index in [1.54, 1.807) is 23.5 Å². The molecule has 2 heterocycles. The largest absolute Gasteiger partial charge is 0.383 e. The van der Waals surface area contributed by atoms with Crippen LogP contribution in [0.1, 0.15) is 35.4 Å². The summed E-state index contributed by atoms with van der Waals surface area (Å²) in [5.74, 6) is -0.345. The molecule has 3 rings (SSSR count). The van der Waals surface area contributed by atoms with E-state index in [9.17, 15) is 9.59 Å². The van der Waals surface area contributed by atoms with Gasteiger partial charge in [0.1, 0.15) is 6.54 Å². The third-order valence-electron chi connectivity index (χ3n) is 4.77. The molecule has 1 aromatic heterocycles. The number of ether oxygens (including phenoxy) is 1. The Balaban J connectivity index is 1.85. The SMILES string of the molecule is COCCN(CC(=O)N1N=C(c2cccs2)C[C@@H]1c1ccc(C)cc1)C(C)=O. The van der Waals surface area contributed by atoms with Crippen LogP contribution in [0.3, 0.4) is 0 Å². The van der Waals surface area contributed by atoms with Crippen LogP contribution in [0.2, 0.25) is 0 Å². The fraction of sp³-hybridized carbons (Fsp3) is 0.381. The van der Waals surface area contributed by atoms with Gasteiger partial charge in [-0.2, -0.15) is 5.10 Å².